The van der Waals surface area contributed by atoms with Crippen molar-refractivity contribution in [3.8, 4) is 5.75 Å². The molecule has 6 heteroatoms. The molecule has 0 unspecified atom stereocenters. The molecule has 0 radical (unpaired) electrons. The third-order valence-corrected chi connectivity index (χ3v) is 3.10. The van der Waals surface area contributed by atoms with Crippen molar-refractivity contribution in [2.24, 2.45) is 0 Å². The number of carbonyl (C=O) groups is 1. The number of aromatic nitrogens is 2. The Morgan fingerprint density at radius 1 is 1.50 bits per heavy atom. The highest BCUT2D eigenvalue weighted by molar-refractivity contribution is 6.06. The predicted octanol–water partition coefficient (Wildman–Crippen LogP) is 2.12. The molecule has 2 aromatic rings. The fourth-order valence-electron chi connectivity index (χ4n) is 1.98. The van der Waals surface area contributed by atoms with Gasteiger partial charge >= 0.3 is 0 Å². The lowest BCUT2D eigenvalue weighted by molar-refractivity contribution is 0.102. The van der Waals surface area contributed by atoms with Crippen LogP contribution in [-0.4, -0.2) is 23.2 Å². The van der Waals surface area contributed by atoms with Gasteiger partial charge < -0.3 is 15.8 Å². The van der Waals surface area contributed by atoms with Crippen LogP contribution in [0.3, 0.4) is 0 Å². The quantitative estimate of drug-likeness (QED) is 0.796. The lowest BCUT2D eigenvalue weighted by Crippen LogP contribution is -2.14. The van der Waals surface area contributed by atoms with Gasteiger partial charge in [-0.2, -0.15) is 5.10 Å². The van der Waals surface area contributed by atoms with Crippen molar-refractivity contribution in [2.45, 2.75) is 20.3 Å². The van der Waals surface area contributed by atoms with E-state index in [2.05, 4.69) is 15.5 Å². The van der Waals surface area contributed by atoms with Crippen LogP contribution in [0, 0.1) is 6.92 Å². The van der Waals surface area contributed by atoms with Crippen LogP contribution in [0.1, 0.15) is 28.7 Å². The van der Waals surface area contributed by atoms with Gasteiger partial charge in [0, 0.05) is 5.69 Å². The number of nitrogens with zero attached hydrogens (tertiary/aromatic N) is 1. The lowest BCUT2D eigenvalue weighted by Gasteiger charge is -2.08. The minimum atomic E-state index is -0.331. The number of hydrogen-bond acceptors (Lipinski definition) is 4. The van der Waals surface area contributed by atoms with Gasteiger partial charge in [-0.25, -0.2) is 0 Å². The van der Waals surface area contributed by atoms with Crippen molar-refractivity contribution in [1.82, 2.24) is 10.2 Å². The van der Waals surface area contributed by atoms with Gasteiger partial charge in [-0.3, -0.25) is 9.89 Å². The van der Waals surface area contributed by atoms with Crippen LogP contribution < -0.4 is 15.8 Å². The molecular weight excluding hydrogens is 256 g/mol. The van der Waals surface area contributed by atoms with Crippen LogP contribution in [0.15, 0.2) is 18.2 Å². The maximum Gasteiger partial charge on any atom is 0.278 e. The van der Waals surface area contributed by atoms with Gasteiger partial charge in [-0.1, -0.05) is 6.92 Å². The number of hydrogen-bond donors (Lipinski definition) is 3. The highest BCUT2D eigenvalue weighted by Gasteiger charge is 2.16. The molecule has 0 aliphatic heterocycles. The molecule has 1 heterocycles. The molecule has 20 heavy (non-hydrogen) atoms. The monoisotopic (exact) mass is 274 g/mol. The fraction of sp³-hybridized carbons (Fsp3) is 0.286. The number of amides is 1. The van der Waals surface area contributed by atoms with Crippen molar-refractivity contribution in [3.05, 3.63) is 35.2 Å². The molecule has 1 amide bonds. The molecule has 1 aromatic carbocycles. The number of aromatic amines is 1. The van der Waals surface area contributed by atoms with Gasteiger partial charge in [0.1, 0.15) is 5.75 Å². The van der Waals surface area contributed by atoms with E-state index < -0.39 is 0 Å². The van der Waals surface area contributed by atoms with Crippen LogP contribution >= 0.6 is 0 Å². The number of nitrogens with two attached hydrogens (primary N) is 1. The standard InChI is InChI=1S/C14H18N4O2/c1-4-10-12(15)13(18-17-10)14(19)16-9-5-6-11(20-3)8(2)7-9/h5-7H,4,15H2,1-3H3,(H,16,19)(H,17,18). The molecule has 0 fully saturated rings. The summed E-state index contributed by atoms with van der Waals surface area (Å²) >= 11 is 0. The normalized spacial score (nSPS) is 10.3. The molecule has 1 aromatic heterocycles. The van der Waals surface area contributed by atoms with E-state index >= 15 is 0 Å². The molecule has 0 saturated heterocycles. The van der Waals surface area contributed by atoms with Crippen molar-refractivity contribution < 1.29 is 9.53 Å². The minimum Gasteiger partial charge on any atom is -0.496 e. The van der Waals surface area contributed by atoms with Crippen LogP contribution in [0.4, 0.5) is 11.4 Å². The number of anilines is 2. The minimum absolute atomic E-state index is 0.218. The Hall–Kier alpha value is -2.50. The third kappa shape index (κ3) is 2.59. The highest BCUT2D eigenvalue weighted by atomic mass is 16.5. The van der Waals surface area contributed by atoms with Crippen molar-refractivity contribution in [3.63, 3.8) is 0 Å². The second-order valence-electron chi connectivity index (χ2n) is 4.46. The number of ether oxygens (including phenoxy) is 1. The van der Waals surface area contributed by atoms with Gasteiger partial charge in [0.25, 0.3) is 5.91 Å². The Morgan fingerprint density at radius 3 is 2.80 bits per heavy atom. The van der Waals surface area contributed by atoms with Crippen LogP contribution in [-0.2, 0) is 6.42 Å². The molecule has 0 aliphatic rings. The molecule has 2 rings (SSSR count). The van der Waals surface area contributed by atoms with E-state index in [1.54, 1.807) is 19.2 Å². The Morgan fingerprint density at radius 2 is 2.25 bits per heavy atom. The lowest BCUT2D eigenvalue weighted by atomic mass is 10.2. The molecule has 4 N–H and O–H groups in total. The first-order valence-corrected chi connectivity index (χ1v) is 6.35. The topological polar surface area (TPSA) is 93.0 Å². The molecule has 0 atom stereocenters. The first kappa shape index (κ1) is 13.9. The summed E-state index contributed by atoms with van der Waals surface area (Å²) in [7, 11) is 1.61. The van der Waals surface area contributed by atoms with Gasteiger partial charge in [0.15, 0.2) is 5.69 Å². The zero-order chi connectivity index (χ0) is 14.7. The summed E-state index contributed by atoms with van der Waals surface area (Å²) < 4.78 is 5.18. The number of nitrogen functional groups attached to an aromatic ring is 1. The van der Waals surface area contributed by atoms with Crippen LogP contribution in [0.5, 0.6) is 5.75 Å². The van der Waals surface area contributed by atoms with E-state index in [4.69, 9.17) is 10.5 Å². The molecule has 6 nitrogen and oxygen atoms in total. The second-order valence-corrected chi connectivity index (χ2v) is 4.46. The molecular formula is C14H18N4O2. The average molecular weight is 274 g/mol. The number of nitrogens with one attached hydrogen (secondary N) is 2. The predicted molar refractivity (Wildman–Crippen MR) is 78.1 cm³/mol. The van der Waals surface area contributed by atoms with E-state index in [-0.39, 0.29) is 11.6 Å². The van der Waals surface area contributed by atoms with Gasteiger partial charge in [0.2, 0.25) is 0 Å². The first-order valence-electron chi connectivity index (χ1n) is 6.35. The number of aryl methyl sites for hydroxylation is 2. The van der Waals surface area contributed by atoms with Crippen molar-refractivity contribution in [1.29, 1.82) is 0 Å². The van der Waals surface area contributed by atoms with Gasteiger partial charge in [-0.15, -0.1) is 0 Å². The summed E-state index contributed by atoms with van der Waals surface area (Å²) in [6.45, 7) is 3.85. The summed E-state index contributed by atoms with van der Waals surface area (Å²) in [5.74, 6) is 0.443. The van der Waals surface area contributed by atoms with Crippen molar-refractivity contribution in [2.75, 3.05) is 18.2 Å². The van der Waals surface area contributed by atoms with E-state index in [1.807, 2.05) is 19.9 Å². The Labute approximate surface area is 117 Å². The summed E-state index contributed by atoms with van der Waals surface area (Å²) in [5.41, 5.74) is 8.86. The second kappa shape index (κ2) is 5.64. The van der Waals surface area contributed by atoms with Gasteiger partial charge in [0.05, 0.1) is 18.5 Å². The number of benzene rings is 1. The van der Waals surface area contributed by atoms with Crippen molar-refractivity contribution >= 4 is 17.3 Å². The zero-order valence-corrected chi connectivity index (χ0v) is 11.8. The number of carbonyl (C=O) groups excluding carboxylic acids is 1. The summed E-state index contributed by atoms with van der Waals surface area (Å²) in [4.78, 5) is 12.1. The highest BCUT2D eigenvalue weighted by Crippen LogP contribution is 2.22. The number of H-pyrrole nitrogens is 1. The Balaban J connectivity index is 2.19. The number of rotatable bonds is 4. The SMILES string of the molecule is CCc1[nH]nc(C(=O)Nc2ccc(OC)c(C)c2)c1N. The van der Waals surface area contributed by atoms with Crippen LogP contribution in [0.2, 0.25) is 0 Å². The average Bonchev–Trinajstić information content (AvgIpc) is 2.80. The van der Waals surface area contributed by atoms with Gasteiger partial charge in [-0.05, 0) is 37.1 Å². The zero-order valence-electron chi connectivity index (χ0n) is 11.8. The molecule has 0 saturated carbocycles. The smallest absolute Gasteiger partial charge is 0.278 e. The largest absolute Gasteiger partial charge is 0.496 e. The summed E-state index contributed by atoms with van der Waals surface area (Å²) in [5, 5.41) is 9.49. The molecule has 0 aliphatic carbocycles. The Kier molecular flexibility index (Phi) is 3.93. The fourth-order valence-corrected chi connectivity index (χ4v) is 1.98. The summed E-state index contributed by atoms with van der Waals surface area (Å²) in [6, 6.07) is 5.41. The maximum absolute atomic E-state index is 12.1. The maximum atomic E-state index is 12.1. The Bertz CT molecular complexity index is 634. The van der Waals surface area contributed by atoms with E-state index in [1.165, 1.54) is 0 Å². The van der Waals surface area contributed by atoms with E-state index in [0.717, 1.165) is 17.0 Å². The van der Waals surface area contributed by atoms with E-state index in [0.29, 0.717) is 17.8 Å². The first-order chi connectivity index (χ1) is 9.56. The molecule has 0 bridgehead atoms. The number of methoxy groups -OCH3 is 1. The molecule has 0 spiro atoms. The van der Waals surface area contributed by atoms with E-state index in [9.17, 15) is 4.79 Å². The molecule has 106 valence electrons. The third-order valence-electron chi connectivity index (χ3n) is 3.10. The summed E-state index contributed by atoms with van der Waals surface area (Å²) in [6.07, 6.45) is 0.702. The van der Waals surface area contributed by atoms with Crippen LogP contribution in [0.25, 0.3) is 0 Å².